The van der Waals surface area contributed by atoms with Crippen LogP contribution in [0.1, 0.15) is 33.1 Å². The Balaban J connectivity index is 1.82. The molecule has 1 heterocycles. The number of hydrogen-bond donors (Lipinski definition) is 0. The van der Waals surface area contributed by atoms with Gasteiger partial charge in [-0.2, -0.15) is 0 Å². The van der Waals surface area contributed by atoms with Gasteiger partial charge in [0.15, 0.2) is 5.78 Å². The van der Waals surface area contributed by atoms with E-state index in [0.29, 0.717) is 13.2 Å². The van der Waals surface area contributed by atoms with Crippen LogP contribution in [-0.2, 0) is 14.3 Å². The molecule has 0 saturated heterocycles. The summed E-state index contributed by atoms with van der Waals surface area (Å²) in [4.78, 5) is 26.6. The Morgan fingerprint density at radius 3 is 3.00 bits per heavy atom. The van der Waals surface area contributed by atoms with Crippen molar-refractivity contribution in [3.8, 4) is 0 Å². The van der Waals surface area contributed by atoms with Crippen LogP contribution >= 0.6 is 0 Å². The number of nitrogens with zero attached hydrogens (tertiary/aromatic N) is 1. The lowest BCUT2D eigenvalue weighted by Gasteiger charge is -2.40. The highest BCUT2D eigenvalue weighted by molar-refractivity contribution is 6.03. The van der Waals surface area contributed by atoms with E-state index in [0.717, 1.165) is 36.2 Å². The highest BCUT2D eigenvalue weighted by atomic mass is 16.5. The van der Waals surface area contributed by atoms with Crippen molar-refractivity contribution in [2.45, 2.75) is 33.1 Å². The van der Waals surface area contributed by atoms with Gasteiger partial charge in [0.25, 0.3) is 0 Å². The van der Waals surface area contributed by atoms with E-state index in [4.69, 9.17) is 4.74 Å². The number of ketones is 1. The zero-order valence-electron chi connectivity index (χ0n) is 13.7. The van der Waals surface area contributed by atoms with Crippen molar-refractivity contribution in [3.63, 3.8) is 0 Å². The smallest absolute Gasteiger partial charge is 0.308 e. The highest BCUT2D eigenvalue weighted by Crippen LogP contribution is 2.39. The molecule has 2 aliphatic carbocycles. The van der Waals surface area contributed by atoms with Crippen LogP contribution in [0, 0.1) is 11.8 Å². The summed E-state index contributed by atoms with van der Waals surface area (Å²) in [6.07, 6.45) is 12.7. The molecular weight excluding hydrogens is 290 g/mol. The van der Waals surface area contributed by atoms with Gasteiger partial charge < -0.3 is 9.64 Å². The molecule has 0 bridgehead atoms. The summed E-state index contributed by atoms with van der Waals surface area (Å²) >= 11 is 0. The fourth-order valence-electron chi connectivity index (χ4n) is 3.31. The Morgan fingerprint density at radius 2 is 2.22 bits per heavy atom. The average molecular weight is 313 g/mol. The minimum Gasteiger partial charge on any atom is -0.464 e. The molecule has 3 rings (SSSR count). The van der Waals surface area contributed by atoms with Crippen LogP contribution in [0.25, 0.3) is 0 Å². The fraction of sp³-hybridized carbons (Fsp3) is 0.474. The summed E-state index contributed by atoms with van der Waals surface area (Å²) in [6, 6.07) is 0. The van der Waals surface area contributed by atoms with Gasteiger partial charge in [-0.25, -0.2) is 0 Å². The van der Waals surface area contributed by atoms with Gasteiger partial charge in [-0.15, -0.1) is 0 Å². The quantitative estimate of drug-likeness (QED) is 0.748. The molecule has 0 N–H and O–H groups in total. The Morgan fingerprint density at radius 1 is 1.39 bits per heavy atom. The standard InChI is InChI=1S/C19H23NO3/c1-13(2)19(22)23-12-11-20-16-9-5-3-7-14(16)18(21)15-8-4-6-10-17(15)20/h3-5,8-9,13-14H,6-7,10-12H2,1-2H3. The van der Waals surface area contributed by atoms with Gasteiger partial charge in [0.05, 0.1) is 18.4 Å². The van der Waals surface area contributed by atoms with Crippen LogP contribution in [0.2, 0.25) is 0 Å². The second-order valence-corrected chi connectivity index (χ2v) is 6.45. The summed E-state index contributed by atoms with van der Waals surface area (Å²) in [5, 5.41) is 0. The zero-order chi connectivity index (χ0) is 16.4. The average Bonchev–Trinajstić information content (AvgIpc) is 2.57. The second kappa shape index (κ2) is 6.57. The second-order valence-electron chi connectivity index (χ2n) is 6.45. The van der Waals surface area contributed by atoms with Gasteiger partial charge in [0, 0.05) is 17.0 Å². The SMILES string of the molecule is CC(C)C(=O)OCCN1C2=CC=CCC2C(=O)C2=C1CCC=C2. The predicted molar refractivity (Wildman–Crippen MR) is 88.2 cm³/mol. The largest absolute Gasteiger partial charge is 0.464 e. The van der Waals surface area contributed by atoms with Gasteiger partial charge >= 0.3 is 5.97 Å². The highest BCUT2D eigenvalue weighted by Gasteiger charge is 2.37. The monoisotopic (exact) mass is 313 g/mol. The number of carbonyl (C=O) groups excluding carboxylic acids is 2. The lowest BCUT2D eigenvalue weighted by atomic mass is 9.81. The third-order valence-electron chi connectivity index (χ3n) is 4.53. The molecule has 122 valence electrons. The molecule has 0 saturated carbocycles. The van der Waals surface area contributed by atoms with E-state index in [1.165, 1.54) is 0 Å². The van der Waals surface area contributed by atoms with Crippen LogP contribution in [-0.4, -0.2) is 29.8 Å². The van der Waals surface area contributed by atoms with E-state index in [1.807, 2.05) is 38.2 Å². The number of esters is 1. The maximum absolute atomic E-state index is 12.7. The van der Waals surface area contributed by atoms with Crippen molar-refractivity contribution in [2.75, 3.05) is 13.2 Å². The summed E-state index contributed by atoms with van der Waals surface area (Å²) in [5.74, 6) is -0.163. The Bertz CT molecular complexity index is 637. The first kappa shape index (κ1) is 15.8. The van der Waals surface area contributed by atoms with E-state index >= 15 is 0 Å². The van der Waals surface area contributed by atoms with Gasteiger partial charge in [-0.05, 0) is 25.3 Å². The molecule has 0 radical (unpaired) electrons. The van der Waals surface area contributed by atoms with Crippen LogP contribution in [0.15, 0.2) is 47.3 Å². The molecule has 1 atom stereocenters. The first-order valence-electron chi connectivity index (χ1n) is 8.34. The Kier molecular flexibility index (Phi) is 4.51. The summed E-state index contributed by atoms with van der Waals surface area (Å²) in [5.41, 5.74) is 2.96. The van der Waals surface area contributed by atoms with Crippen molar-refractivity contribution < 1.29 is 14.3 Å². The van der Waals surface area contributed by atoms with Crippen molar-refractivity contribution in [3.05, 3.63) is 47.3 Å². The number of allylic oxidation sites excluding steroid dienone is 8. The minimum atomic E-state index is -0.176. The predicted octanol–water partition coefficient (Wildman–Crippen LogP) is 3.13. The van der Waals surface area contributed by atoms with E-state index in [1.54, 1.807) is 0 Å². The van der Waals surface area contributed by atoms with Crippen molar-refractivity contribution in [2.24, 2.45) is 11.8 Å². The molecule has 1 unspecified atom stereocenters. The summed E-state index contributed by atoms with van der Waals surface area (Å²) in [6.45, 7) is 4.62. The third-order valence-corrected chi connectivity index (χ3v) is 4.53. The number of Topliss-reactive ketones (excluding diaryl/α,β-unsaturated/α-hetero) is 1. The molecule has 0 amide bonds. The molecule has 4 heteroatoms. The molecular formula is C19H23NO3. The molecule has 0 aromatic carbocycles. The lowest BCUT2D eigenvalue weighted by molar-refractivity contribution is -0.147. The zero-order valence-corrected chi connectivity index (χ0v) is 13.7. The Hall–Kier alpha value is -2.10. The van der Waals surface area contributed by atoms with Gasteiger partial charge in [-0.1, -0.05) is 38.2 Å². The lowest BCUT2D eigenvalue weighted by Crippen LogP contribution is -2.40. The number of hydrogen-bond acceptors (Lipinski definition) is 4. The molecule has 1 aliphatic heterocycles. The van der Waals surface area contributed by atoms with Crippen LogP contribution in [0.3, 0.4) is 0 Å². The van der Waals surface area contributed by atoms with Crippen molar-refractivity contribution in [1.82, 2.24) is 4.90 Å². The molecule has 4 nitrogen and oxygen atoms in total. The molecule has 0 fully saturated rings. The normalized spacial score (nSPS) is 22.9. The summed E-state index contributed by atoms with van der Waals surface area (Å²) < 4.78 is 5.34. The van der Waals surface area contributed by atoms with Crippen LogP contribution < -0.4 is 0 Å². The first-order chi connectivity index (χ1) is 11.1. The number of ether oxygens (including phenoxy) is 1. The van der Waals surface area contributed by atoms with Crippen LogP contribution in [0.5, 0.6) is 0 Å². The first-order valence-corrected chi connectivity index (χ1v) is 8.34. The molecule has 0 spiro atoms. The Labute approximate surface area is 137 Å². The van der Waals surface area contributed by atoms with E-state index in [-0.39, 0.29) is 23.6 Å². The maximum atomic E-state index is 12.7. The van der Waals surface area contributed by atoms with E-state index in [9.17, 15) is 9.59 Å². The third kappa shape index (κ3) is 3.03. The van der Waals surface area contributed by atoms with Crippen molar-refractivity contribution >= 4 is 11.8 Å². The summed E-state index contributed by atoms with van der Waals surface area (Å²) in [7, 11) is 0. The molecule has 3 aliphatic rings. The number of rotatable bonds is 4. The van der Waals surface area contributed by atoms with Gasteiger partial charge in [0.2, 0.25) is 0 Å². The topological polar surface area (TPSA) is 46.6 Å². The van der Waals surface area contributed by atoms with Gasteiger partial charge in [0.1, 0.15) is 6.61 Å². The molecule has 0 aromatic rings. The fourth-order valence-corrected chi connectivity index (χ4v) is 3.31. The number of fused-ring (bicyclic) bond motifs is 1. The molecule has 0 aromatic heterocycles. The van der Waals surface area contributed by atoms with E-state index < -0.39 is 0 Å². The van der Waals surface area contributed by atoms with Crippen molar-refractivity contribution in [1.29, 1.82) is 0 Å². The molecule has 23 heavy (non-hydrogen) atoms. The maximum Gasteiger partial charge on any atom is 0.308 e. The minimum absolute atomic E-state index is 0.0951. The van der Waals surface area contributed by atoms with Crippen LogP contribution in [0.4, 0.5) is 0 Å². The van der Waals surface area contributed by atoms with E-state index in [2.05, 4.69) is 11.0 Å². The van der Waals surface area contributed by atoms with Gasteiger partial charge in [-0.3, -0.25) is 9.59 Å². The number of carbonyl (C=O) groups is 2.